The van der Waals surface area contributed by atoms with Crippen molar-refractivity contribution in [3.8, 4) is 0 Å². The topological polar surface area (TPSA) is 91.7 Å². The summed E-state index contributed by atoms with van der Waals surface area (Å²) in [5, 5.41) is 21.6. The van der Waals surface area contributed by atoms with E-state index in [4.69, 9.17) is 0 Å². The molecule has 0 aromatic carbocycles. The van der Waals surface area contributed by atoms with E-state index in [1.54, 1.807) is 0 Å². The van der Waals surface area contributed by atoms with Gasteiger partial charge in [0.25, 0.3) is 0 Å². The Balaban J connectivity index is 3.36. The number of ketones is 3. The Kier molecular flexibility index (Phi) is 7.75. The van der Waals surface area contributed by atoms with Crippen molar-refractivity contribution < 1.29 is 24.6 Å². The van der Waals surface area contributed by atoms with Crippen molar-refractivity contribution in [1.29, 1.82) is 0 Å². The summed E-state index contributed by atoms with van der Waals surface area (Å²) in [5.74, 6) is -3.08. The monoisotopic (exact) mass is 366 g/mol. The Hall–Kier alpha value is -1.49. The van der Waals surface area contributed by atoms with Crippen LogP contribution < -0.4 is 0 Å². The van der Waals surface area contributed by atoms with Crippen molar-refractivity contribution in [3.63, 3.8) is 0 Å². The molecule has 0 fully saturated rings. The molecule has 0 bridgehead atoms. The number of Topliss-reactive ketones (excluding diaryl/α,β-unsaturated/α-hetero) is 3. The van der Waals surface area contributed by atoms with E-state index in [0.29, 0.717) is 12.8 Å². The lowest BCUT2D eigenvalue weighted by molar-refractivity contribution is -0.149. The van der Waals surface area contributed by atoms with Gasteiger partial charge in [0, 0.05) is 6.42 Å². The number of hydrogen-bond donors (Lipinski definition) is 2. The van der Waals surface area contributed by atoms with Gasteiger partial charge in [0.1, 0.15) is 11.3 Å². The Labute approximate surface area is 156 Å². The molecule has 0 amide bonds. The molecule has 0 saturated heterocycles. The number of carbonyl (C=O) groups is 3. The number of aliphatic hydroxyl groups excluding tert-OH is 1. The van der Waals surface area contributed by atoms with E-state index in [-0.39, 0.29) is 42.6 Å². The molecule has 0 spiro atoms. The van der Waals surface area contributed by atoms with Crippen LogP contribution in [-0.4, -0.2) is 33.2 Å². The fourth-order valence-corrected chi connectivity index (χ4v) is 3.27. The van der Waals surface area contributed by atoms with Crippen LogP contribution >= 0.6 is 0 Å². The van der Waals surface area contributed by atoms with Gasteiger partial charge < -0.3 is 10.2 Å². The molecule has 148 valence electrons. The van der Waals surface area contributed by atoms with Crippen molar-refractivity contribution in [2.45, 2.75) is 79.2 Å². The maximum atomic E-state index is 12.9. The third-order valence-corrected chi connectivity index (χ3v) is 4.90. The van der Waals surface area contributed by atoms with Gasteiger partial charge in [-0.05, 0) is 43.4 Å². The summed E-state index contributed by atoms with van der Waals surface area (Å²) in [7, 11) is 0. The van der Waals surface area contributed by atoms with Crippen molar-refractivity contribution in [1.82, 2.24) is 0 Å². The van der Waals surface area contributed by atoms with Crippen molar-refractivity contribution >= 4 is 17.3 Å². The molecule has 1 rings (SSSR count). The minimum Gasteiger partial charge on any atom is -0.508 e. The van der Waals surface area contributed by atoms with Gasteiger partial charge in [-0.1, -0.05) is 41.5 Å². The van der Waals surface area contributed by atoms with Gasteiger partial charge in [-0.3, -0.25) is 14.4 Å². The molecule has 0 unspecified atom stereocenters. The maximum absolute atomic E-state index is 12.9. The average molecular weight is 366 g/mol. The zero-order valence-electron chi connectivity index (χ0n) is 17.0. The van der Waals surface area contributed by atoms with E-state index >= 15 is 0 Å². The van der Waals surface area contributed by atoms with Crippen LogP contribution in [0.4, 0.5) is 0 Å². The first kappa shape index (κ1) is 22.6. The summed E-state index contributed by atoms with van der Waals surface area (Å²) in [5.41, 5.74) is -2.50. The van der Waals surface area contributed by atoms with Crippen LogP contribution in [0.15, 0.2) is 11.3 Å². The zero-order chi connectivity index (χ0) is 20.2. The van der Waals surface area contributed by atoms with Crippen molar-refractivity contribution in [2.75, 3.05) is 0 Å². The van der Waals surface area contributed by atoms with Crippen LogP contribution in [0.1, 0.15) is 73.6 Å². The molecule has 0 aliphatic heterocycles. The summed E-state index contributed by atoms with van der Waals surface area (Å²) < 4.78 is 0. The summed E-state index contributed by atoms with van der Waals surface area (Å²) in [6.07, 6.45) is 1.53. The van der Waals surface area contributed by atoms with Crippen LogP contribution in [-0.2, 0) is 14.4 Å². The predicted molar refractivity (Wildman–Crippen MR) is 101 cm³/mol. The second kappa shape index (κ2) is 8.94. The molecule has 0 heterocycles. The van der Waals surface area contributed by atoms with Gasteiger partial charge in [0.2, 0.25) is 0 Å². The molecular formula is C21H34O5. The fraction of sp³-hybridized carbons (Fsp3) is 0.762. The summed E-state index contributed by atoms with van der Waals surface area (Å²) in [4.78, 5) is 38.3. The van der Waals surface area contributed by atoms with Gasteiger partial charge >= 0.3 is 0 Å². The fourth-order valence-electron chi connectivity index (χ4n) is 3.27. The van der Waals surface area contributed by atoms with Gasteiger partial charge in [-0.25, -0.2) is 0 Å². The second-order valence-electron chi connectivity index (χ2n) is 8.79. The third-order valence-electron chi connectivity index (χ3n) is 4.90. The van der Waals surface area contributed by atoms with Gasteiger partial charge in [-0.2, -0.15) is 0 Å². The standard InChI is InChI=1S/C21H34O5/c1-12(2)7-8-15-18(23)17(16(22)11-14(5)6)20(25)21(26,19(15)24)10-9-13(3)4/h12-15,25-26H,7-11H2,1-6H3/t15-,21+/m0/s1. The highest BCUT2D eigenvalue weighted by Gasteiger charge is 2.53. The highest BCUT2D eigenvalue weighted by atomic mass is 16.3. The highest BCUT2D eigenvalue weighted by Crippen LogP contribution is 2.38. The minimum absolute atomic E-state index is 0.00565. The number of hydrogen-bond acceptors (Lipinski definition) is 5. The summed E-state index contributed by atoms with van der Waals surface area (Å²) in [6.45, 7) is 11.6. The summed E-state index contributed by atoms with van der Waals surface area (Å²) >= 11 is 0. The number of carbonyl (C=O) groups excluding carboxylic acids is 3. The van der Waals surface area contributed by atoms with E-state index in [2.05, 4.69) is 0 Å². The zero-order valence-corrected chi connectivity index (χ0v) is 17.0. The lowest BCUT2D eigenvalue weighted by Gasteiger charge is -2.35. The summed E-state index contributed by atoms with van der Waals surface area (Å²) in [6, 6.07) is 0. The van der Waals surface area contributed by atoms with Crippen LogP contribution in [0.2, 0.25) is 0 Å². The number of rotatable bonds is 9. The van der Waals surface area contributed by atoms with E-state index in [1.807, 2.05) is 41.5 Å². The quantitative estimate of drug-likeness (QED) is 0.478. The first-order valence-electron chi connectivity index (χ1n) is 9.69. The molecule has 5 nitrogen and oxygen atoms in total. The molecule has 0 aromatic heterocycles. The van der Waals surface area contributed by atoms with E-state index in [0.717, 1.165) is 0 Å². The molecule has 5 heteroatoms. The Morgan fingerprint density at radius 1 is 1.00 bits per heavy atom. The number of aliphatic hydroxyl groups is 2. The molecule has 1 aliphatic carbocycles. The molecular weight excluding hydrogens is 332 g/mol. The van der Waals surface area contributed by atoms with Crippen LogP contribution in [0.25, 0.3) is 0 Å². The molecule has 26 heavy (non-hydrogen) atoms. The van der Waals surface area contributed by atoms with E-state index in [9.17, 15) is 24.6 Å². The molecule has 1 aliphatic rings. The minimum atomic E-state index is -2.14. The maximum Gasteiger partial charge on any atom is 0.182 e. The predicted octanol–water partition coefficient (Wildman–Crippen LogP) is 3.79. The van der Waals surface area contributed by atoms with E-state index in [1.165, 1.54) is 0 Å². The second-order valence-corrected chi connectivity index (χ2v) is 8.79. The van der Waals surface area contributed by atoms with Gasteiger partial charge in [0.05, 0.1) is 5.92 Å². The average Bonchev–Trinajstić information content (AvgIpc) is 2.50. The Morgan fingerprint density at radius 2 is 1.54 bits per heavy atom. The first-order chi connectivity index (χ1) is 11.9. The lowest BCUT2D eigenvalue weighted by atomic mass is 9.70. The first-order valence-corrected chi connectivity index (χ1v) is 9.69. The van der Waals surface area contributed by atoms with Crippen LogP contribution in [0.5, 0.6) is 0 Å². The van der Waals surface area contributed by atoms with Crippen molar-refractivity contribution in [3.05, 3.63) is 11.3 Å². The largest absolute Gasteiger partial charge is 0.508 e. The number of allylic oxidation sites excluding steroid dienone is 1. The lowest BCUT2D eigenvalue weighted by Crippen LogP contribution is -2.53. The van der Waals surface area contributed by atoms with Crippen LogP contribution in [0.3, 0.4) is 0 Å². The van der Waals surface area contributed by atoms with Crippen LogP contribution in [0, 0.1) is 23.7 Å². The Bertz CT molecular complexity index is 585. The molecule has 0 radical (unpaired) electrons. The Morgan fingerprint density at radius 3 is 2.00 bits per heavy atom. The van der Waals surface area contributed by atoms with Crippen molar-refractivity contribution in [2.24, 2.45) is 23.7 Å². The van der Waals surface area contributed by atoms with E-state index < -0.39 is 34.6 Å². The molecule has 2 atom stereocenters. The molecule has 0 saturated carbocycles. The van der Waals surface area contributed by atoms with Gasteiger partial charge in [-0.15, -0.1) is 0 Å². The SMILES string of the molecule is CC(C)CC[C@H]1C(=O)C(C(=O)CC(C)C)=C(O)[C@@](O)(CCC(C)C)C1=O. The van der Waals surface area contributed by atoms with Gasteiger partial charge in [0.15, 0.2) is 23.0 Å². The molecule has 2 N–H and O–H groups in total. The smallest absolute Gasteiger partial charge is 0.182 e. The normalized spacial score (nSPS) is 24.3. The molecule has 0 aromatic rings. The highest BCUT2D eigenvalue weighted by molar-refractivity contribution is 6.29. The third kappa shape index (κ3) is 5.03.